The predicted molar refractivity (Wildman–Crippen MR) is 141 cm³/mol. The van der Waals surface area contributed by atoms with Crippen LogP contribution in [-0.4, -0.2) is 77.2 Å². The van der Waals surface area contributed by atoms with Crippen molar-refractivity contribution < 1.29 is 15.0 Å². The average molecular weight is 514 g/mol. The summed E-state index contributed by atoms with van der Waals surface area (Å²) in [7, 11) is 5.08. The smallest absolute Gasteiger partial charge is 0.317 e. The van der Waals surface area contributed by atoms with E-state index < -0.39 is 5.22 Å². The molecule has 2 atom stereocenters. The van der Waals surface area contributed by atoms with Gasteiger partial charge < -0.3 is 25.0 Å². The van der Waals surface area contributed by atoms with E-state index in [4.69, 9.17) is 0 Å². The number of imidazole rings is 1. The number of hydrogen-bond donors (Lipinski definition) is 3. The van der Waals surface area contributed by atoms with Crippen LogP contribution in [0.3, 0.4) is 0 Å². The van der Waals surface area contributed by atoms with Gasteiger partial charge in [0.15, 0.2) is 9.52 Å². The first-order valence-electron chi connectivity index (χ1n) is 11.8. The molecule has 3 aromatic rings. The SMILES string of the molecule is CNC(=O)N1CC(Cc2ccc(-c3ccc(C#C[Si][C@@H](CO)n4ccnc4[C@@](C)(O)[Si])cc3)cc2)C1. The van der Waals surface area contributed by atoms with Gasteiger partial charge in [-0.1, -0.05) is 42.3 Å². The second-order valence-corrected chi connectivity index (χ2v) is 11.3. The largest absolute Gasteiger partial charge is 0.395 e. The van der Waals surface area contributed by atoms with Crippen molar-refractivity contribution in [2.75, 3.05) is 26.7 Å². The molecule has 1 saturated heterocycles. The normalized spacial score (nSPS) is 15.9. The molecule has 0 spiro atoms. The highest BCUT2D eigenvalue weighted by Gasteiger charge is 2.30. The van der Waals surface area contributed by atoms with E-state index in [9.17, 15) is 15.0 Å². The molecule has 2 aromatic carbocycles. The van der Waals surface area contributed by atoms with Gasteiger partial charge in [-0.2, -0.15) is 0 Å². The van der Waals surface area contributed by atoms with E-state index in [2.05, 4.69) is 68.4 Å². The Morgan fingerprint density at radius 3 is 2.44 bits per heavy atom. The zero-order valence-electron chi connectivity index (χ0n) is 20.4. The summed E-state index contributed by atoms with van der Waals surface area (Å²) >= 11 is 0. The van der Waals surface area contributed by atoms with Gasteiger partial charge >= 0.3 is 6.03 Å². The highest BCUT2D eigenvalue weighted by molar-refractivity contribution is 6.47. The molecule has 0 saturated carbocycles. The highest BCUT2D eigenvalue weighted by atomic mass is 28.2. The van der Waals surface area contributed by atoms with Crippen LogP contribution >= 0.6 is 0 Å². The molecule has 2 amide bonds. The third-order valence-corrected chi connectivity index (χ3v) is 7.50. The van der Waals surface area contributed by atoms with Crippen LogP contribution < -0.4 is 5.32 Å². The van der Waals surface area contributed by atoms with Crippen LogP contribution in [0.1, 0.15) is 29.5 Å². The first kappa shape index (κ1) is 25.9. The summed E-state index contributed by atoms with van der Waals surface area (Å²) in [5.41, 5.74) is 7.36. The van der Waals surface area contributed by atoms with Crippen LogP contribution in [0.5, 0.6) is 0 Å². The Morgan fingerprint density at radius 1 is 1.22 bits per heavy atom. The molecule has 1 aromatic heterocycles. The fourth-order valence-corrected chi connectivity index (χ4v) is 5.29. The number of aliphatic hydroxyl groups is 2. The number of carbonyl (C=O) groups is 1. The van der Waals surface area contributed by atoms with Crippen LogP contribution in [0.25, 0.3) is 11.1 Å². The topological polar surface area (TPSA) is 90.6 Å². The molecule has 183 valence electrons. The van der Waals surface area contributed by atoms with Crippen LogP contribution in [0, 0.1) is 17.4 Å². The second-order valence-electron chi connectivity index (χ2n) is 9.13. The number of carbonyl (C=O) groups excluding carboxylic acids is 1. The van der Waals surface area contributed by atoms with Crippen molar-refractivity contribution in [2.45, 2.75) is 24.2 Å². The minimum Gasteiger partial charge on any atom is -0.395 e. The third-order valence-electron chi connectivity index (χ3n) is 6.21. The summed E-state index contributed by atoms with van der Waals surface area (Å²) in [5, 5.41) is 21.5. The van der Waals surface area contributed by atoms with Crippen LogP contribution in [0.15, 0.2) is 60.9 Å². The molecule has 0 aliphatic carbocycles. The number of amides is 2. The van der Waals surface area contributed by atoms with E-state index in [-0.39, 0.29) is 27.8 Å². The van der Waals surface area contributed by atoms with Gasteiger partial charge in [0.1, 0.15) is 11.0 Å². The fourth-order valence-electron chi connectivity index (χ4n) is 4.27. The van der Waals surface area contributed by atoms with Crippen molar-refractivity contribution in [1.29, 1.82) is 0 Å². The lowest BCUT2D eigenvalue weighted by atomic mass is 9.91. The predicted octanol–water partition coefficient (Wildman–Crippen LogP) is 1.90. The fraction of sp³-hybridized carbons (Fsp3) is 0.333. The van der Waals surface area contributed by atoms with Gasteiger partial charge in [0.2, 0.25) is 0 Å². The van der Waals surface area contributed by atoms with Gasteiger partial charge in [-0.15, -0.1) is 5.54 Å². The van der Waals surface area contributed by atoms with E-state index in [1.807, 2.05) is 17.0 Å². The minimum atomic E-state index is -1.28. The third kappa shape index (κ3) is 6.14. The maximum atomic E-state index is 11.6. The van der Waals surface area contributed by atoms with E-state index in [0.717, 1.165) is 36.2 Å². The van der Waals surface area contributed by atoms with Crippen LogP contribution in [0.2, 0.25) is 0 Å². The number of benzene rings is 2. The summed E-state index contributed by atoms with van der Waals surface area (Å²) < 4.78 is 1.76. The second kappa shape index (κ2) is 11.3. The molecule has 9 heteroatoms. The van der Waals surface area contributed by atoms with Crippen molar-refractivity contribution in [1.82, 2.24) is 19.8 Å². The first-order valence-corrected chi connectivity index (χ1v) is 13.4. The van der Waals surface area contributed by atoms with Crippen molar-refractivity contribution in [3.05, 3.63) is 77.9 Å². The molecule has 1 aliphatic heterocycles. The first-order chi connectivity index (χ1) is 17.3. The van der Waals surface area contributed by atoms with Crippen molar-refractivity contribution in [2.24, 2.45) is 5.92 Å². The molecule has 0 bridgehead atoms. The molecule has 4 rings (SSSR count). The van der Waals surface area contributed by atoms with Gasteiger partial charge in [-0.05, 0) is 48.1 Å². The Kier molecular flexibility index (Phi) is 8.11. The molecular formula is C27H29N4O3Si2. The van der Waals surface area contributed by atoms with Gasteiger partial charge in [0.05, 0.1) is 22.5 Å². The Balaban J connectivity index is 1.33. The Labute approximate surface area is 217 Å². The van der Waals surface area contributed by atoms with E-state index >= 15 is 0 Å². The molecule has 1 aliphatic rings. The molecule has 3 N–H and O–H groups in total. The molecule has 5 radical (unpaired) electrons. The summed E-state index contributed by atoms with van der Waals surface area (Å²) in [4.78, 5) is 17.6. The molecule has 36 heavy (non-hydrogen) atoms. The number of aromatic nitrogens is 2. The molecular weight excluding hydrogens is 484 g/mol. The van der Waals surface area contributed by atoms with E-state index in [0.29, 0.717) is 11.7 Å². The highest BCUT2D eigenvalue weighted by Crippen LogP contribution is 2.24. The quantitative estimate of drug-likeness (QED) is 0.333. The molecule has 0 unspecified atom stereocenters. The summed E-state index contributed by atoms with van der Waals surface area (Å²) in [6, 6.07) is 16.7. The monoisotopic (exact) mass is 513 g/mol. The molecule has 7 nitrogen and oxygen atoms in total. The number of urea groups is 1. The maximum absolute atomic E-state index is 11.6. The van der Waals surface area contributed by atoms with Gasteiger partial charge in [0, 0.05) is 38.1 Å². The van der Waals surface area contributed by atoms with Crippen molar-refractivity contribution >= 4 is 25.8 Å². The standard InChI is InChI=1S/C27H29N4O3Si2/c1-27(34,35)25-29-12-13-31(25)24(18-32)36-14-11-19-3-7-22(8-4-19)23-9-5-20(6-10-23)15-21-16-30(17-21)26(33)28-2/h3-10,12-13,21,24,32,34H,15-18H2,1-2H3,(H,28,33)/t24-,27-/m0/s1. The number of hydrogen-bond acceptors (Lipinski definition) is 4. The Bertz CT molecular complexity index is 1240. The lowest BCUT2D eigenvalue weighted by molar-refractivity contribution is 0.122. The lowest BCUT2D eigenvalue weighted by Crippen LogP contribution is -2.53. The Morgan fingerprint density at radius 2 is 1.86 bits per heavy atom. The zero-order chi connectivity index (χ0) is 25.7. The number of aliphatic hydroxyl groups excluding tert-OH is 1. The number of nitrogens with zero attached hydrogens (tertiary/aromatic N) is 3. The van der Waals surface area contributed by atoms with Crippen molar-refractivity contribution in [3.63, 3.8) is 0 Å². The minimum absolute atomic E-state index is 0.000380. The molecule has 1 fully saturated rings. The zero-order valence-corrected chi connectivity index (χ0v) is 22.4. The lowest BCUT2D eigenvalue weighted by Gasteiger charge is -2.39. The van der Waals surface area contributed by atoms with Crippen molar-refractivity contribution in [3.8, 4) is 22.6 Å². The van der Waals surface area contributed by atoms with E-state index in [1.165, 1.54) is 5.56 Å². The maximum Gasteiger partial charge on any atom is 0.317 e. The van der Waals surface area contributed by atoms with Gasteiger partial charge in [-0.25, -0.2) is 9.78 Å². The number of likely N-dealkylation sites (tertiary alicyclic amines) is 1. The summed E-state index contributed by atoms with van der Waals surface area (Å²) in [6.45, 7) is 3.12. The average Bonchev–Trinajstić information content (AvgIpc) is 3.35. The van der Waals surface area contributed by atoms with Gasteiger partial charge in [0.25, 0.3) is 0 Å². The summed E-state index contributed by atoms with van der Waals surface area (Å²) in [5.74, 6) is 4.13. The number of rotatable bonds is 7. The molecule has 2 heterocycles. The Hall–Kier alpha value is -3.17. The summed E-state index contributed by atoms with van der Waals surface area (Å²) in [6.07, 6.45) is 4.32. The number of nitrogens with one attached hydrogen (secondary N) is 1. The van der Waals surface area contributed by atoms with Gasteiger partial charge in [-0.3, -0.25) is 0 Å². The van der Waals surface area contributed by atoms with Crippen LogP contribution in [-0.2, 0) is 11.6 Å². The van der Waals surface area contributed by atoms with E-state index in [1.54, 1.807) is 30.9 Å². The van der Waals surface area contributed by atoms with Crippen LogP contribution in [0.4, 0.5) is 4.79 Å².